The molecule has 6 atom stereocenters. The van der Waals surface area contributed by atoms with Crippen LogP contribution in [0.1, 0.15) is 51.7 Å². The molecule has 2 heterocycles. The van der Waals surface area contributed by atoms with E-state index in [0.29, 0.717) is 12.3 Å². The van der Waals surface area contributed by atoms with E-state index in [9.17, 15) is 34.5 Å². The van der Waals surface area contributed by atoms with Crippen LogP contribution in [-0.4, -0.2) is 86.9 Å². The van der Waals surface area contributed by atoms with E-state index in [1.165, 1.54) is 25.6 Å². The van der Waals surface area contributed by atoms with E-state index in [2.05, 4.69) is 27.5 Å². The summed E-state index contributed by atoms with van der Waals surface area (Å²) in [4.78, 5) is 53.3. The minimum Gasteiger partial charge on any atom is -0.480 e. The maximum atomic E-state index is 12.8. The first-order valence-corrected chi connectivity index (χ1v) is 13.0. The summed E-state index contributed by atoms with van der Waals surface area (Å²) >= 11 is 0. The van der Waals surface area contributed by atoms with Crippen LogP contribution in [0.4, 0.5) is 10.6 Å². The first-order chi connectivity index (χ1) is 18.5. The lowest BCUT2D eigenvalue weighted by Crippen LogP contribution is -2.54. The van der Waals surface area contributed by atoms with Crippen LogP contribution in [0, 0.1) is 5.92 Å². The third-order valence-electron chi connectivity index (χ3n) is 7.13. The number of aliphatic hydroxyl groups excluding tert-OH is 2. The van der Waals surface area contributed by atoms with E-state index in [1.54, 1.807) is 7.05 Å². The summed E-state index contributed by atoms with van der Waals surface area (Å²) in [6.07, 6.45) is 1.78. The Labute approximate surface area is 225 Å². The van der Waals surface area contributed by atoms with E-state index in [1.807, 2.05) is 0 Å². The number of aliphatic carboxylic acids is 1. The molecule has 2 fully saturated rings. The zero-order valence-electron chi connectivity index (χ0n) is 22.0. The van der Waals surface area contributed by atoms with E-state index >= 15 is 0 Å². The highest BCUT2D eigenvalue weighted by molar-refractivity contribution is 5.88. The van der Waals surface area contributed by atoms with Gasteiger partial charge >= 0.3 is 17.8 Å². The number of aliphatic hydroxyl groups is 2. The highest BCUT2D eigenvalue weighted by atomic mass is 16.6. The van der Waals surface area contributed by atoms with Crippen LogP contribution in [0.3, 0.4) is 0 Å². The molecule has 0 spiro atoms. The molecule has 2 amide bonds. The maximum Gasteiger partial charge on any atom is 0.413 e. The second-order valence-corrected chi connectivity index (χ2v) is 9.87. The van der Waals surface area contributed by atoms with Gasteiger partial charge in [0.15, 0.2) is 12.3 Å². The van der Waals surface area contributed by atoms with Gasteiger partial charge in [0.2, 0.25) is 5.91 Å². The number of hydrogen-bond donors (Lipinski definition) is 6. The molecular formula is C25H37N5O9. The van der Waals surface area contributed by atoms with Crippen LogP contribution >= 0.6 is 0 Å². The number of carboxylic acids is 1. The first kappa shape index (κ1) is 30.2. The number of anilines is 1. The van der Waals surface area contributed by atoms with Gasteiger partial charge in [0.05, 0.1) is 12.6 Å². The minimum atomic E-state index is -1.51. The average Bonchev–Trinajstić information content (AvgIpc) is 3.19. The van der Waals surface area contributed by atoms with E-state index in [4.69, 9.17) is 9.47 Å². The Bertz CT molecular complexity index is 1100. The SMILES string of the molecule is C=C1C(O)C(CO)OC1n1ccc(NC(=O)OC(C)C(NC(=O)C(CC2CCCCC2)NC)C(=O)O)nc1=O. The fourth-order valence-electron chi connectivity index (χ4n) is 4.88. The Morgan fingerprint density at radius 3 is 2.54 bits per heavy atom. The molecule has 6 unspecified atom stereocenters. The molecule has 1 aliphatic carbocycles. The summed E-state index contributed by atoms with van der Waals surface area (Å²) in [6.45, 7) is 4.54. The van der Waals surface area contributed by atoms with Gasteiger partial charge in [0, 0.05) is 11.8 Å². The van der Waals surface area contributed by atoms with Gasteiger partial charge in [-0.05, 0) is 32.4 Å². The van der Waals surface area contributed by atoms with Gasteiger partial charge < -0.3 is 35.4 Å². The van der Waals surface area contributed by atoms with Crippen LogP contribution in [0.5, 0.6) is 0 Å². The molecule has 1 saturated carbocycles. The molecule has 14 heteroatoms. The average molecular weight is 552 g/mol. The van der Waals surface area contributed by atoms with Gasteiger partial charge in [-0.15, -0.1) is 0 Å². The van der Waals surface area contributed by atoms with Crippen molar-refractivity contribution in [2.45, 2.75) is 82.1 Å². The minimum absolute atomic E-state index is 0.160. The molecule has 1 saturated heterocycles. The molecule has 216 valence electrons. The largest absolute Gasteiger partial charge is 0.480 e. The summed E-state index contributed by atoms with van der Waals surface area (Å²) in [6, 6.07) is -0.829. The van der Waals surface area contributed by atoms with Crippen LogP contribution in [0.15, 0.2) is 29.2 Å². The van der Waals surface area contributed by atoms with Crippen molar-refractivity contribution in [3.8, 4) is 0 Å². The summed E-state index contributed by atoms with van der Waals surface area (Å²) in [5.74, 6) is -1.68. The van der Waals surface area contributed by atoms with Crippen molar-refractivity contribution in [1.29, 1.82) is 0 Å². The van der Waals surface area contributed by atoms with Crippen molar-refractivity contribution in [3.05, 3.63) is 34.9 Å². The van der Waals surface area contributed by atoms with Crippen molar-refractivity contribution < 1.29 is 39.2 Å². The summed E-state index contributed by atoms with van der Waals surface area (Å²) < 4.78 is 11.6. The fraction of sp³-hybridized carbons (Fsp3) is 0.640. The number of carbonyl (C=O) groups is 3. The first-order valence-electron chi connectivity index (χ1n) is 13.0. The zero-order chi connectivity index (χ0) is 28.7. The van der Waals surface area contributed by atoms with Gasteiger partial charge in [-0.25, -0.2) is 14.4 Å². The van der Waals surface area contributed by atoms with Gasteiger partial charge in [0.25, 0.3) is 0 Å². The van der Waals surface area contributed by atoms with Gasteiger partial charge in [-0.1, -0.05) is 38.7 Å². The molecule has 3 rings (SSSR count). The van der Waals surface area contributed by atoms with Crippen LogP contribution in [0.2, 0.25) is 0 Å². The highest BCUT2D eigenvalue weighted by Crippen LogP contribution is 2.32. The molecule has 14 nitrogen and oxygen atoms in total. The fourth-order valence-corrected chi connectivity index (χ4v) is 4.88. The molecule has 0 bridgehead atoms. The monoisotopic (exact) mass is 551 g/mol. The molecule has 1 aromatic rings. The lowest BCUT2D eigenvalue weighted by Gasteiger charge is -2.28. The molecule has 1 aromatic heterocycles. The van der Waals surface area contributed by atoms with Crippen LogP contribution < -0.4 is 21.6 Å². The molecule has 0 aromatic carbocycles. The van der Waals surface area contributed by atoms with Crippen molar-refractivity contribution >= 4 is 23.8 Å². The second kappa shape index (κ2) is 13.6. The molecule has 39 heavy (non-hydrogen) atoms. The van der Waals surface area contributed by atoms with Gasteiger partial charge in [0.1, 0.15) is 24.1 Å². The number of hydrogen-bond acceptors (Lipinski definition) is 10. The van der Waals surface area contributed by atoms with Crippen LogP contribution in [0.25, 0.3) is 0 Å². The Morgan fingerprint density at radius 1 is 1.28 bits per heavy atom. The number of carboxylic acid groups (broad SMARTS) is 1. The number of ether oxygens (including phenoxy) is 2. The van der Waals surface area contributed by atoms with Crippen molar-refractivity contribution in [2.24, 2.45) is 5.92 Å². The highest BCUT2D eigenvalue weighted by Gasteiger charge is 2.39. The van der Waals surface area contributed by atoms with Gasteiger partial charge in [-0.2, -0.15) is 4.98 Å². The Morgan fingerprint density at radius 2 is 1.97 bits per heavy atom. The molecular weight excluding hydrogens is 514 g/mol. The molecule has 6 N–H and O–H groups in total. The lowest BCUT2D eigenvalue weighted by molar-refractivity contribution is -0.145. The topological polar surface area (TPSA) is 201 Å². The van der Waals surface area contributed by atoms with Crippen molar-refractivity contribution in [3.63, 3.8) is 0 Å². The number of aromatic nitrogens is 2. The van der Waals surface area contributed by atoms with Gasteiger partial charge in [-0.3, -0.25) is 14.7 Å². The van der Waals surface area contributed by atoms with E-state index in [0.717, 1.165) is 30.3 Å². The van der Waals surface area contributed by atoms with Crippen molar-refractivity contribution in [2.75, 3.05) is 19.0 Å². The number of likely N-dealkylation sites (N-methyl/N-ethyl adjacent to an activating group) is 1. The van der Waals surface area contributed by atoms with E-state index < -0.39 is 66.9 Å². The summed E-state index contributed by atoms with van der Waals surface area (Å²) in [5.41, 5.74) is -0.683. The number of amides is 2. The standard InChI is InChI=1S/C25H37N5O9/c1-13-20(32)17(12-31)39-22(13)30-10-9-18(27-24(30)36)28-25(37)38-14(2)19(23(34)35)29-21(33)16(26-3)11-15-7-5-4-6-8-15/h9-10,14-17,19-20,22,26,31-32H,1,4-8,11-12H2,2-3H3,(H,29,33)(H,34,35)(H,27,28,36,37). The summed E-state index contributed by atoms with van der Waals surface area (Å²) in [5, 5.41) is 36.6. The predicted molar refractivity (Wildman–Crippen MR) is 138 cm³/mol. The lowest BCUT2D eigenvalue weighted by atomic mass is 9.84. The number of nitrogens with one attached hydrogen (secondary N) is 3. The smallest absolute Gasteiger partial charge is 0.413 e. The molecule has 0 radical (unpaired) electrons. The third-order valence-corrected chi connectivity index (χ3v) is 7.13. The summed E-state index contributed by atoms with van der Waals surface area (Å²) in [7, 11) is 1.64. The van der Waals surface area contributed by atoms with Crippen LogP contribution in [-0.2, 0) is 19.1 Å². The number of carbonyl (C=O) groups excluding carboxylic acids is 2. The van der Waals surface area contributed by atoms with Crippen molar-refractivity contribution in [1.82, 2.24) is 20.2 Å². The quantitative estimate of drug-likeness (QED) is 0.204. The Balaban J connectivity index is 1.58. The third kappa shape index (κ3) is 7.62. The molecule has 2 aliphatic rings. The Hall–Kier alpha value is -3.33. The normalized spacial score (nSPS) is 24.0. The number of nitrogens with zero attached hydrogens (tertiary/aromatic N) is 2. The zero-order valence-corrected chi connectivity index (χ0v) is 22.0. The van der Waals surface area contributed by atoms with E-state index in [-0.39, 0.29) is 11.4 Å². The second-order valence-electron chi connectivity index (χ2n) is 9.87. The number of rotatable bonds is 11. The predicted octanol–water partition coefficient (Wildman–Crippen LogP) is 0.115. The molecule has 1 aliphatic heterocycles. The Kier molecular flexibility index (Phi) is 10.6. The maximum absolute atomic E-state index is 12.8.